The van der Waals surface area contributed by atoms with E-state index in [4.69, 9.17) is 35.9 Å². The molecule has 1 aromatic heterocycles. The molecule has 0 radical (unpaired) electrons. The van der Waals surface area contributed by atoms with Crippen LogP contribution in [0, 0.1) is 6.92 Å². The molecule has 0 aromatic carbocycles. The quantitative estimate of drug-likeness (QED) is 0.301. The van der Waals surface area contributed by atoms with Crippen molar-refractivity contribution in [1.82, 2.24) is 10.2 Å². The first-order chi connectivity index (χ1) is 15.4. The van der Waals surface area contributed by atoms with Crippen molar-refractivity contribution in [1.29, 1.82) is 0 Å². The molecule has 1 aliphatic heterocycles. The second-order valence-electron chi connectivity index (χ2n) is 7.05. The lowest BCUT2D eigenvalue weighted by molar-refractivity contribution is -0.237. The molecule has 2 heterocycles. The summed E-state index contributed by atoms with van der Waals surface area (Å²) in [4.78, 5) is 58.9. The van der Waals surface area contributed by atoms with Crippen LogP contribution in [0.25, 0.3) is 0 Å². The Morgan fingerprint density at radius 2 is 1.45 bits per heavy atom. The molecular weight excluding hydrogens is 480 g/mol. The predicted octanol–water partition coefficient (Wildman–Crippen LogP) is 0.503. The molecule has 0 amide bonds. The van der Waals surface area contributed by atoms with Crippen molar-refractivity contribution in [2.24, 2.45) is 0 Å². The molecule has 1 aliphatic rings. The molecule has 0 spiro atoms. The fraction of sp³-hybridized carbons (Fsp3) is 0.579. The van der Waals surface area contributed by atoms with Crippen LogP contribution in [0.4, 0.5) is 0 Å². The van der Waals surface area contributed by atoms with E-state index in [1.165, 1.54) is 6.92 Å². The molecule has 0 bridgehead atoms. The maximum Gasteiger partial charge on any atom is 0.303 e. The number of hydrogen-bond donors (Lipinski definition) is 2. The minimum absolute atomic E-state index is 0.107. The maximum absolute atomic E-state index is 12.1. The molecule has 12 nitrogen and oxygen atoms in total. The van der Waals surface area contributed by atoms with E-state index < -0.39 is 59.3 Å². The van der Waals surface area contributed by atoms with E-state index in [0.717, 1.165) is 32.5 Å². The summed E-state index contributed by atoms with van der Waals surface area (Å²) >= 11 is 6.26. The van der Waals surface area contributed by atoms with E-state index >= 15 is 0 Å². The highest BCUT2D eigenvalue weighted by molar-refractivity contribution is 8.24. The molecule has 14 heteroatoms. The van der Waals surface area contributed by atoms with Gasteiger partial charge >= 0.3 is 23.9 Å². The lowest BCUT2D eigenvalue weighted by atomic mass is 9.99. The molecule has 182 valence electrons. The molecule has 33 heavy (non-hydrogen) atoms. The molecule has 1 aromatic rings. The fourth-order valence-corrected chi connectivity index (χ4v) is 4.79. The van der Waals surface area contributed by atoms with Gasteiger partial charge in [-0.25, -0.2) is 0 Å². The fourth-order valence-electron chi connectivity index (χ4n) is 3.14. The van der Waals surface area contributed by atoms with Gasteiger partial charge < -0.3 is 28.8 Å². The van der Waals surface area contributed by atoms with E-state index in [9.17, 15) is 24.0 Å². The summed E-state index contributed by atoms with van der Waals surface area (Å²) in [6.45, 7) is 5.85. The lowest BCUT2D eigenvalue weighted by Crippen LogP contribution is -2.61. The highest BCUT2D eigenvalue weighted by Gasteiger charge is 2.52. The number of carbonyl (C=O) groups excluding carboxylic acids is 4. The monoisotopic (exact) mass is 504 g/mol. The number of H-pyrrole nitrogens is 2. The Bertz CT molecular complexity index is 987. The van der Waals surface area contributed by atoms with Crippen LogP contribution in [-0.4, -0.2) is 74.7 Å². The van der Waals surface area contributed by atoms with Gasteiger partial charge in [0.05, 0.1) is 9.76 Å². The van der Waals surface area contributed by atoms with Crippen LogP contribution in [0.15, 0.2) is 4.79 Å². The Kier molecular flexibility index (Phi) is 9.19. The third-order valence-electron chi connectivity index (χ3n) is 4.34. The number of aryl methyl sites for hydroxylation is 1. The minimum Gasteiger partial charge on any atom is -0.463 e. The van der Waals surface area contributed by atoms with Crippen LogP contribution in [0.2, 0.25) is 0 Å². The molecule has 0 unspecified atom stereocenters. The second-order valence-corrected chi connectivity index (χ2v) is 8.83. The molecule has 2 N–H and O–H groups in total. The summed E-state index contributed by atoms with van der Waals surface area (Å²) in [7, 11) is 0. The number of rotatable bonds is 7. The molecule has 2 rings (SSSR count). The molecular formula is C19H24N2O10S2. The van der Waals surface area contributed by atoms with Crippen LogP contribution >= 0.6 is 24.0 Å². The van der Waals surface area contributed by atoms with Crippen molar-refractivity contribution in [3.8, 4) is 0 Å². The van der Waals surface area contributed by atoms with Gasteiger partial charge in [0, 0.05) is 33.4 Å². The van der Waals surface area contributed by atoms with Crippen LogP contribution in [-0.2, 0) is 42.9 Å². The number of carbonyl (C=O) groups is 4. The Morgan fingerprint density at radius 1 is 0.909 bits per heavy atom. The van der Waals surface area contributed by atoms with Crippen LogP contribution in [0.1, 0.15) is 39.0 Å². The minimum atomic E-state index is -1.31. The van der Waals surface area contributed by atoms with Crippen molar-refractivity contribution in [3.05, 3.63) is 21.6 Å². The summed E-state index contributed by atoms with van der Waals surface area (Å²) in [6.07, 6.45) is -4.95. The molecule has 1 fully saturated rings. The van der Waals surface area contributed by atoms with Gasteiger partial charge in [-0.2, -0.15) is 0 Å². The highest BCUT2D eigenvalue weighted by atomic mass is 32.2. The number of aromatic amines is 2. The van der Waals surface area contributed by atoms with E-state index in [1.807, 2.05) is 0 Å². The molecule has 1 saturated heterocycles. The van der Waals surface area contributed by atoms with Crippen LogP contribution in [0.5, 0.6) is 0 Å². The molecule has 0 saturated carbocycles. The van der Waals surface area contributed by atoms with Gasteiger partial charge in [-0.15, -0.1) is 0 Å². The highest BCUT2D eigenvalue weighted by Crippen LogP contribution is 2.36. The van der Waals surface area contributed by atoms with Crippen molar-refractivity contribution in [2.75, 3.05) is 6.61 Å². The van der Waals surface area contributed by atoms with E-state index in [-0.39, 0.29) is 16.4 Å². The van der Waals surface area contributed by atoms with Gasteiger partial charge in [-0.1, -0.05) is 24.0 Å². The number of esters is 4. The maximum atomic E-state index is 12.1. The smallest absolute Gasteiger partial charge is 0.303 e. The van der Waals surface area contributed by atoms with Crippen LogP contribution < -0.4 is 5.56 Å². The average molecular weight is 505 g/mol. The summed E-state index contributed by atoms with van der Waals surface area (Å²) in [5.74, 6) is -2.83. The van der Waals surface area contributed by atoms with Gasteiger partial charge in [0.2, 0.25) is 0 Å². The third-order valence-corrected chi connectivity index (χ3v) is 5.86. The zero-order chi connectivity index (χ0) is 24.9. The second kappa shape index (κ2) is 11.4. The number of thioether (sulfide) groups is 1. The topological polar surface area (TPSA) is 163 Å². The predicted molar refractivity (Wildman–Crippen MR) is 117 cm³/mol. The summed E-state index contributed by atoms with van der Waals surface area (Å²) in [6, 6.07) is 0. The Balaban J connectivity index is 2.47. The third kappa shape index (κ3) is 7.14. The van der Waals surface area contributed by atoms with Crippen molar-refractivity contribution in [3.63, 3.8) is 0 Å². The number of nitrogens with one attached hydrogen (secondary N) is 2. The zero-order valence-corrected chi connectivity index (χ0v) is 20.1. The van der Waals surface area contributed by atoms with E-state index in [0.29, 0.717) is 5.69 Å². The van der Waals surface area contributed by atoms with Gasteiger partial charge in [-0.05, 0) is 6.92 Å². The summed E-state index contributed by atoms with van der Waals surface area (Å²) in [5.41, 5.74) is -0.909. The normalized spacial score (nSPS) is 24.5. The van der Waals surface area contributed by atoms with Crippen molar-refractivity contribution in [2.45, 2.75) is 64.5 Å². The van der Waals surface area contributed by atoms with Crippen LogP contribution in [0.3, 0.4) is 0 Å². The number of hydrogen-bond acceptors (Lipinski definition) is 12. The number of thiocarbonyl (C=S) groups is 1. The molecule has 5 atom stereocenters. The first kappa shape index (κ1) is 26.5. The van der Waals surface area contributed by atoms with Crippen molar-refractivity contribution >= 4 is 52.1 Å². The Morgan fingerprint density at radius 3 is 1.94 bits per heavy atom. The summed E-state index contributed by atoms with van der Waals surface area (Å²) < 4.78 is 27.1. The van der Waals surface area contributed by atoms with Gasteiger partial charge in [0.15, 0.2) is 18.3 Å². The van der Waals surface area contributed by atoms with Gasteiger partial charge in [-0.3, -0.25) is 29.1 Å². The average Bonchev–Trinajstić information content (AvgIpc) is 3.02. The van der Waals surface area contributed by atoms with Gasteiger partial charge in [0.1, 0.15) is 18.1 Å². The molecule has 0 aliphatic carbocycles. The standard InChI is InChI=1S/C19H24N2O10S2/c1-7-13(17(26)21-20-7)19(32)33-18-16(30-11(5)25)15(29-10(4)24)14(28-9(3)23)12(31-18)6-27-8(2)22/h12,14-16,18H,6H2,1-5H3,(H2,20,21,26)/t12-,14+,15+,16-,18+/m1/s1. The Hall–Kier alpha value is -2.71. The van der Waals surface area contributed by atoms with E-state index in [1.54, 1.807) is 6.92 Å². The SMILES string of the molecule is CC(=O)OC[C@H]1O[C@@H](SC(=S)c2c(C)[nH][nH]c2=O)[C@H](OC(C)=O)[C@@H](OC(C)=O)[C@H]1OC(C)=O. The van der Waals surface area contributed by atoms with Crippen molar-refractivity contribution < 1.29 is 42.9 Å². The van der Waals surface area contributed by atoms with Gasteiger partial charge in [0.25, 0.3) is 5.56 Å². The largest absolute Gasteiger partial charge is 0.463 e. The first-order valence-electron chi connectivity index (χ1n) is 9.69. The summed E-state index contributed by atoms with van der Waals surface area (Å²) in [5, 5.41) is 5.07. The number of ether oxygens (including phenoxy) is 5. The lowest BCUT2D eigenvalue weighted by Gasteiger charge is -2.44. The Labute approximate surface area is 198 Å². The van der Waals surface area contributed by atoms with E-state index in [2.05, 4.69) is 10.2 Å². The zero-order valence-electron chi connectivity index (χ0n) is 18.5. The number of aromatic nitrogens is 2. The first-order valence-corrected chi connectivity index (χ1v) is 11.0.